The van der Waals surface area contributed by atoms with E-state index in [0.717, 1.165) is 11.3 Å². The molecule has 0 spiro atoms. The lowest BCUT2D eigenvalue weighted by atomic mass is 9.70. The molecule has 0 aromatic heterocycles. The first-order valence-corrected chi connectivity index (χ1v) is 12.2. The van der Waals surface area contributed by atoms with Crippen molar-refractivity contribution in [1.82, 2.24) is 0 Å². The molecule has 0 unspecified atom stereocenters. The topological polar surface area (TPSA) is 66.0 Å². The maximum atomic E-state index is 14.0. The molecule has 0 radical (unpaired) electrons. The van der Waals surface area contributed by atoms with Crippen LogP contribution in [0.2, 0.25) is 0 Å². The monoisotopic (exact) mass is 509 g/mol. The molecular formula is C32H31NO5. The van der Waals surface area contributed by atoms with Crippen LogP contribution in [0.25, 0.3) is 0 Å². The second kappa shape index (κ2) is 12.0. The van der Waals surface area contributed by atoms with E-state index in [9.17, 15) is 4.79 Å². The molecule has 1 aliphatic heterocycles. The minimum Gasteiger partial charge on any atom is -0.486 e. The van der Waals surface area contributed by atoms with Gasteiger partial charge in [0, 0.05) is 11.3 Å². The summed E-state index contributed by atoms with van der Waals surface area (Å²) in [6, 6.07) is 18.7. The maximum Gasteiger partial charge on any atom is 0.244 e. The average molecular weight is 510 g/mol. The number of carbonyl (C=O) groups is 1. The molecule has 0 saturated heterocycles. The van der Waals surface area contributed by atoms with Crippen molar-refractivity contribution in [2.75, 3.05) is 31.7 Å². The lowest BCUT2D eigenvalue weighted by Gasteiger charge is -2.30. The van der Waals surface area contributed by atoms with E-state index in [1.165, 1.54) is 0 Å². The number of benzene rings is 3. The Hall–Kier alpha value is -4.71. The number of rotatable bonds is 14. The number of carbonyl (C=O) groups excluding carboxylic acids is 1. The summed E-state index contributed by atoms with van der Waals surface area (Å²) < 4.78 is 23.5. The molecule has 1 aliphatic rings. The van der Waals surface area contributed by atoms with Gasteiger partial charge in [-0.05, 0) is 41.5 Å². The Morgan fingerprint density at radius 3 is 1.55 bits per heavy atom. The number of amides is 1. The molecule has 6 nitrogen and oxygen atoms in total. The maximum absolute atomic E-state index is 14.0. The summed E-state index contributed by atoms with van der Waals surface area (Å²) in [7, 11) is 0. The first-order valence-electron chi connectivity index (χ1n) is 12.2. The van der Waals surface area contributed by atoms with Crippen LogP contribution >= 0.6 is 0 Å². The summed E-state index contributed by atoms with van der Waals surface area (Å²) in [5.41, 5.74) is 1.77. The predicted octanol–water partition coefficient (Wildman–Crippen LogP) is 6.23. The zero-order chi connectivity index (χ0) is 27.0. The van der Waals surface area contributed by atoms with Gasteiger partial charge in [0.25, 0.3) is 0 Å². The first kappa shape index (κ1) is 26.4. The fourth-order valence-corrected chi connectivity index (χ4v) is 4.54. The SMILES string of the molecule is C=CCOc1ccc(C2(c3ccc(OCC=C)c(OCC=C)c3)C(=O)Nc3ccccc32)cc1OCC=C. The van der Waals surface area contributed by atoms with Crippen LogP contribution in [0.5, 0.6) is 23.0 Å². The Morgan fingerprint density at radius 2 is 1.08 bits per heavy atom. The molecule has 0 aliphatic carbocycles. The van der Waals surface area contributed by atoms with E-state index < -0.39 is 5.41 Å². The zero-order valence-electron chi connectivity index (χ0n) is 21.3. The summed E-state index contributed by atoms with van der Waals surface area (Å²) >= 11 is 0. The molecule has 3 aromatic rings. The fraction of sp³-hybridized carbons (Fsp3) is 0.156. The molecule has 0 bridgehead atoms. The van der Waals surface area contributed by atoms with Crippen molar-refractivity contribution in [2.45, 2.75) is 5.41 Å². The standard InChI is InChI=1S/C32H31NO5/c1-5-17-35-27-15-13-23(21-29(27)37-19-7-3)32(25-11-9-10-12-26(25)33-31(32)34)24-14-16-28(36-18-6-2)30(22-24)38-20-8-4/h5-16,21-22H,1-4,17-20H2,(H,33,34). The van der Waals surface area contributed by atoms with Crippen LogP contribution < -0.4 is 24.3 Å². The van der Waals surface area contributed by atoms with Crippen LogP contribution in [-0.2, 0) is 10.2 Å². The molecule has 3 aromatic carbocycles. The van der Waals surface area contributed by atoms with Crippen LogP contribution in [-0.4, -0.2) is 32.3 Å². The van der Waals surface area contributed by atoms with E-state index in [0.29, 0.717) is 47.3 Å². The summed E-state index contributed by atoms with van der Waals surface area (Å²) in [6.45, 7) is 16.1. The number of hydrogen-bond acceptors (Lipinski definition) is 5. The molecule has 1 heterocycles. The number of para-hydroxylation sites is 1. The van der Waals surface area contributed by atoms with E-state index in [4.69, 9.17) is 18.9 Å². The van der Waals surface area contributed by atoms with Crippen molar-refractivity contribution in [1.29, 1.82) is 0 Å². The van der Waals surface area contributed by atoms with E-state index in [2.05, 4.69) is 31.6 Å². The van der Waals surface area contributed by atoms with Gasteiger partial charge in [0.1, 0.15) is 31.8 Å². The van der Waals surface area contributed by atoms with Gasteiger partial charge in [0.05, 0.1) is 0 Å². The second-order valence-electron chi connectivity index (χ2n) is 8.47. The Labute approximate surface area is 223 Å². The van der Waals surface area contributed by atoms with E-state index >= 15 is 0 Å². The smallest absolute Gasteiger partial charge is 0.244 e. The summed E-state index contributed by atoms with van der Waals surface area (Å²) in [4.78, 5) is 14.0. The van der Waals surface area contributed by atoms with Gasteiger partial charge in [-0.3, -0.25) is 4.79 Å². The van der Waals surface area contributed by atoms with Gasteiger partial charge in [-0.2, -0.15) is 0 Å². The van der Waals surface area contributed by atoms with Crippen LogP contribution in [0.3, 0.4) is 0 Å². The lowest BCUT2D eigenvalue weighted by Crippen LogP contribution is -2.37. The van der Waals surface area contributed by atoms with Gasteiger partial charge in [-0.25, -0.2) is 0 Å². The largest absolute Gasteiger partial charge is 0.486 e. The molecule has 1 amide bonds. The minimum absolute atomic E-state index is 0.192. The minimum atomic E-state index is -1.19. The third kappa shape index (κ3) is 4.93. The van der Waals surface area contributed by atoms with Gasteiger partial charge in [-0.15, -0.1) is 0 Å². The quantitative estimate of drug-likeness (QED) is 0.261. The normalized spacial score (nSPS) is 13.0. The number of nitrogens with one attached hydrogen (secondary N) is 1. The molecule has 0 atom stereocenters. The van der Waals surface area contributed by atoms with Gasteiger partial charge in [-0.1, -0.05) is 81.0 Å². The van der Waals surface area contributed by atoms with Gasteiger partial charge >= 0.3 is 0 Å². The van der Waals surface area contributed by atoms with Crippen LogP contribution in [0.15, 0.2) is 111 Å². The van der Waals surface area contributed by atoms with Crippen LogP contribution in [0, 0.1) is 0 Å². The highest BCUT2D eigenvalue weighted by Gasteiger charge is 2.50. The highest BCUT2D eigenvalue weighted by Crippen LogP contribution is 2.50. The van der Waals surface area contributed by atoms with Gasteiger partial charge in [0.15, 0.2) is 23.0 Å². The molecular weight excluding hydrogens is 478 g/mol. The summed E-state index contributed by atoms with van der Waals surface area (Å²) in [5, 5.41) is 3.07. The van der Waals surface area contributed by atoms with E-state index in [1.807, 2.05) is 60.7 Å². The molecule has 194 valence electrons. The predicted molar refractivity (Wildman–Crippen MR) is 151 cm³/mol. The van der Waals surface area contributed by atoms with Crippen molar-refractivity contribution in [3.8, 4) is 23.0 Å². The molecule has 6 heteroatoms. The Bertz CT molecular complexity index is 1290. The van der Waals surface area contributed by atoms with Crippen LogP contribution in [0.4, 0.5) is 5.69 Å². The van der Waals surface area contributed by atoms with Crippen molar-refractivity contribution in [3.05, 3.63) is 128 Å². The number of ether oxygens (including phenoxy) is 4. The molecule has 1 N–H and O–H groups in total. The Morgan fingerprint density at radius 1 is 0.632 bits per heavy atom. The lowest BCUT2D eigenvalue weighted by molar-refractivity contribution is -0.118. The Balaban J connectivity index is 1.95. The summed E-state index contributed by atoms with van der Waals surface area (Å²) in [5.74, 6) is 1.88. The van der Waals surface area contributed by atoms with Gasteiger partial charge < -0.3 is 24.3 Å². The second-order valence-corrected chi connectivity index (χ2v) is 8.47. The van der Waals surface area contributed by atoms with Crippen molar-refractivity contribution in [3.63, 3.8) is 0 Å². The first-order chi connectivity index (χ1) is 18.6. The molecule has 38 heavy (non-hydrogen) atoms. The third-order valence-corrected chi connectivity index (χ3v) is 6.10. The molecule has 4 rings (SSSR count). The van der Waals surface area contributed by atoms with Crippen LogP contribution in [0.1, 0.15) is 16.7 Å². The summed E-state index contributed by atoms with van der Waals surface area (Å²) in [6.07, 6.45) is 6.63. The van der Waals surface area contributed by atoms with Gasteiger partial charge in [0.2, 0.25) is 5.91 Å². The average Bonchev–Trinajstić information content (AvgIpc) is 3.25. The highest BCUT2D eigenvalue weighted by atomic mass is 16.5. The van der Waals surface area contributed by atoms with E-state index in [1.54, 1.807) is 24.3 Å². The number of hydrogen-bond donors (Lipinski definition) is 1. The van der Waals surface area contributed by atoms with Crippen molar-refractivity contribution in [2.24, 2.45) is 0 Å². The highest BCUT2D eigenvalue weighted by molar-refractivity contribution is 6.11. The fourth-order valence-electron chi connectivity index (χ4n) is 4.54. The zero-order valence-corrected chi connectivity index (χ0v) is 21.3. The van der Waals surface area contributed by atoms with Crippen molar-refractivity contribution >= 4 is 11.6 Å². The molecule has 0 fully saturated rings. The Kier molecular flexibility index (Phi) is 8.34. The van der Waals surface area contributed by atoms with Crippen molar-refractivity contribution < 1.29 is 23.7 Å². The number of fused-ring (bicyclic) bond motifs is 1. The molecule has 0 saturated carbocycles. The van der Waals surface area contributed by atoms with E-state index in [-0.39, 0.29) is 19.1 Å². The number of anilines is 1. The third-order valence-electron chi connectivity index (χ3n) is 6.10.